The van der Waals surface area contributed by atoms with Gasteiger partial charge in [0.25, 0.3) is 11.1 Å². The first-order valence-electron chi connectivity index (χ1n) is 9.13. The summed E-state index contributed by atoms with van der Waals surface area (Å²) in [5.41, 5.74) is 8.10. The Hall–Kier alpha value is -3.71. The molecule has 0 aliphatic rings. The summed E-state index contributed by atoms with van der Waals surface area (Å²) in [6, 6.07) is 9.86. The van der Waals surface area contributed by atoms with Crippen LogP contribution in [-0.2, 0) is 13.6 Å². The number of hydrogen-bond donors (Lipinski definition) is 1. The van der Waals surface area contributed by atoms with Crippen LogP contribution >= 0.6 is 0 Å². The molecule has 0 bridgehead atoms. The van der Waals surface area contributed by atoms with Crippen molar-refractivity contribution in [3.05, 3.63) is 68.5 Å². The molecular weight excluding hydrogens is 371 g/mol. The Bertz CT molecular complexity index is 1760. The molecule has 0 saturated heterocycles. The highest BCUT2D eigenvalue weighted by Gasteiger charge is 2.25. The molecular formula is C22H13FN4O2. The van der Waals surface area contributed by atoms with Crippen LogP contribution in [0.1, 0.15) is 5.56 Å². The van der Waals surface area contributed by atoms with Gasteiger partial charge in [0.2, 0.25) is 0 Å². The highest BCUT2D eigenvalue weighted by molar-refractivity contribution is 6.35. The average molecular weight is 384 g/mol. The summed E-state index contributed by atoms with van der Waals surface area (Å²) in [7, 11) is 1.46. The largest absolute Gasteiger partial charge is 0.326 e. The average Bonchev–Trinajstić information content (AvgIpc) is 3.34. The van der Waals surface area contributed by atoms with E-state index in [1.54, 1.807) is 6.07 Å². The van der Waals surface area contributed by atoms with Crippen molar-refractivity contribution >= 4 is 54.4 Å². The normalized spacial score (nSPS) is 12.4. The maximum atomic E-state index is 13.8. The first kappa shape index (κ1) is 16.3. The fourth-order valence-corrected chi connectivity index (χ4v) is 4.45. The lowest BCUT2D eigenvalue weighted by atomic mass is 10.0. The molecule has 0 aliphatic heterocycles. The number of halogens is 1. The number of nitrogens with two attached hydrogens (primary N) is 1. The molecule has 7 heteroatoms. The molecule has 2 N–H and O–H groups in total. The van der Waals surface area contributed by atoms with Gasteiger partial charge in [-0.3, -0.25) is 14.2 Å². The van der Waals surface area contributed by atoms with Gasteiger partial charge in [-0.1, -0.05) is 18.2 Å². The van der Waals surface area contributed by atoms with Gasteiger partial charge < -0.3 is 5.73 Å². The minimum Gasteiger partial charge on any atom is -0.326 e. The monoisotopic (exact) mass is 384 g/mol. The van der Waals surface area contributed by atoms with Gasteiger partial charge in [-0.05, 0) is 17.7 Å². The van der Waals surface area contributed by atoms with Crippen molar-refractivity contribution in [3.63, 3.8) is 0 Å². The van der Waals surface area contributed by atoms with E-state index in [-0.39, 0.29) is 11.1 Å². The molecule has 0 fully saturated rings. The topological polar surface area (TPSA) is 90.9 Å². The maximum absolute atomic E-state index is 13.8. The third-order valence-electron chi connectivity index (χ3n) is 5.78. The van der Waals surface area contributed by atoms with E-state index >= 15 is 0 Å². The predicted octanol–water partition coefficient (Wildman–Crippen LogP) is 2.77. The third-order valence-corrected chi connectivity index (χ3v) is 5.78. The fraction of sp³-hybridized carbons (Fsp3) is 0.0909. The van der Waals surface area contributed by atoms with Crippen molar-refractivity contribution in [2.75, 3.05) is 0 Å². The van der Waals surface area contributed by atoms with E-state index in [1.807, 2.05) is 18.2 Å². The van der Waals surface area contributed by atoms with E-state index in [0.717, 1.165) is 15.5 Å². The number of nitrogens with zero attached hydrogens (tertiary/aromatic N) is 3. The predicted molar refractivity (Wildman–Crippen MR) is 111 cm³/mol. The minimum atomic E-state index is -0.418. The quantitative estimate of drug-likeness (QED) is 0.471. The number of benzene rings is 3. The zero-order valence-electron chi connectivity index (χ0n) is 15.3. The van der Waals surface area contributed by atoms with Crippen molar-refractivity contribution in [1.82, 2.24) is 14.5 Å². The van der Waals surface area contributed by atoms with Gasteiger partial charge in [0.15, 0.2) is 0 Å². The van der Waals surface area contributed by atoms with Crippen molar-refractivity contribution in [3.8, 4) is 0 Å². The van der Waals surface area contributed by atoms with Gasteiger partial charge in [0.1, 0.15) is 5.82 Å². The molecule has 0 unspecified atom stereocenters. The SMILES string of the molecule is Cn1c(=O)c2c(c1=O)c1c3cccc(CN)c3nc1c1nc3cc(F)ccc3c12. The zero-order valence-corrected chi connectivity index (χ0v) is 15.3. The van der Waals surface area contributed by atoms with Crippen LogP contribution in [0.25, 0.3) is 54.4 Å². The molecule has 0 saturated carbocycles. The molecule has 6 rings (SSSR count). The Morgan fingerprint density at radius 2 is 1.59 bits per heavy atom. The lowest BCUT2D eigenvalue weighted by molar-refractivity contribution is 0.629. The van der Waals surface area contributed by atoms with Crippen LogP contribution < -0.4 is 16.9 Å². The summed E-state index contributed by atoms with van der Waals surface area (Å²) in [5.74, 6) is -0.418. The maximum Gasteiger partial charge on any atom is 0.262 e. The zero-order chi connectivity index (χ0) is 20.0. The van der Waals surface area contributed by atoms with Crippen LogP contribution in [0, 0.1) is 5.82 Å². The molecule has 3 heterocycles. The van der Waals surface area contributed by atoms with E-state index in [4.69, 9.17) is 10.7 Å². The molecule has 0 atom stereocenters. The summed E-state index contributed by atoms with van der Waals surface area (Å²) in [6.07, 6.45) is 0. The number of para-hydroxylation sites is 1. The van der Waals surface area contributed by atoms with E-state index in [9.17, 15) is 14.0 Å². The number of hydrogen-bond acceptors (Lipinski definition) is 5. The Balaban J connectivity index is 2.07. The van der Waals surface area contributed by atoms with Gasteiger partial charge in [0.05, 0.1) is 32.8 Å². The molecule has 3 aromatic heterocycles. The second-order valence-corrected chi connectivity index (χ2v) is 7.27. The van der Waals surface area contributed by atoms with Crippen molar-refractivity contribution in [2.45, 2.75) is 6.54 Å². The molecule has 0 amide bonds. The number of fused-ring (bicyclic) bond motifs is 10. The first-order chi connectivity index (χ1) is 14.0. The molecule has 6 aromatic rings. The molecule has 3 aromatic carbocycles. The number of rotatable bonds is 1. The van der Waals surface area contributed by atoms with Crippen molar-refractivity contribution < 1.29 is 4.39 Å². The summed E-state index contributed by atoms with van der Waals surface area (Å²) in [5, 5.41) is 3.17. The Morgan fingerprint density at radius 1 is 0.897 bits per heavy atom. The van der Waals surface area contributed by atoms with Gasteiger partial charge in [0, 0.05) is 41.2 Å². The van der Waals surface area contributed by atoms with Gasteiger partial charge in [-0.15, -0.1) is 0 Å². The summed E-state index contributed by atoms with van der Waals surface area (Å²) in [4.78, 5) is 35.4. The second-order valence-electron chi connectivity index (χ2n) is 7.27. The molecule has 0 aliphatic carbocycles. The lowest BCUT2D eigenvalue weighted by Gasteiger charge is -1.98. The lowest BCUT2D eigenvalue weighted by Crippen LogP contribution is -2.21. The molecule has 6 nitrogen and oxygen atoms in total. The van der Waals surface area contributed by atoms with Gasteiger partial charge in [-0.25, -0.2) is 14.4 Å². The minimum absolute atomic E-state index is 0.292. The molecule has 0 radical (unpaired) electrons. The third kappa shape index (κ3) is 1.83. The highest BCUT2D eigenvalue weighted by atomic mass is 19.1. The van der Waals surface area contributed by atoms with Crippen LogP contribution in [0.5, 0.6) is 0 Å². The standard InChI is InChI=1S/C22H13FN4O2/c1-27-21(28)16-14-11-6-5-10(23)7-13(11)25-19(14)20-15(17(16)22(27)29)12-4-2-3-9(8-24)18(12)26-20/h2-7H,8,24H2,1H3. The Labute approximate surface area is 161 Å². The van der Waals surface area contributed by atoms with E-state index < -0.39 is 5.82 Å². The van der Waals surface area contributed by atoms with Gasteiger partial charge in [-0.2, -0.15) is 0 Å². The Morgan fingerprint density at radius 3 is 2.31 bits per heavy atom. The van der Waals surface area contributed by atoms with Crippen LogP contribution in [-0.4, -0.2) is 14.5 Å². The van der Waals surface area contributed by atoms with Crippen LogP contribution in [0.3, 0.4) is 0 Å². The fourth-order valence-electron chi connectivity index (χ4n) is 4.45. The molecule has 0 spiro atoms. The van der Waals surface area contributed by atoms with E-state index in [0.29, 0.717) is 55.5 Å². The smallest absolute Gasteiger partial charge is 0.262 e. The van der Waals surface area contributed by atoms with E-state index in [1.165, 1.54) is 19.2 Å². The highest BCUT2D eigenvalue weighted by Crippen LogP contribution is 2.40. The van der Waals surface area contributed by atoms with Crippen molar-refractivity contribution in [1.29, 1.82) is 0 Å². The van der Waals surface area contributed by atoms with Gasteiger partial charge >= 0.3 is 0 Å². The van der Waals surface area contributed by atoms with Crippen molar-refractivity contribution in [2.24, 2.45) is 12.8 Å². The van der Waals surface area contributed by atoms with Crippen LogP contribution in [0.2, 0.25) is 0 Å². The summed E-state index contributed by atoms with van der Waals surface area (Å²) < 4.78 is 14.9. The second kappa shape index (κ2) is 5.21. The van der Waals surface area contributed by atoms with Crippen LogP contribution in [0.4, 0.5) is 4.39 Å². The molecule has 29 heavy (non-hydrogen) atoms. The first-order valence-corrected chi connectivity index (χ1v) is 9.13. The molecule has 140 valence electrons. The van der Waals surface area contributed by atoms with E-state index in [2.05, 4.69) is 4.98 Å². The number of aromatic nitrogens is 3. The summed E-state index contributed by atoms with van der Waals surface area (Å²) in [6.45, 7) is 0.292. The summed E-state index contributed by atoms with van der Waals surface area (Å²) >= 11 is 0. The Kier molecular flexibility index (Phi) is 2.92. The van der Waals surface area contributed by atoms with Crippen LogP contribution in [0.15, 0.2) is 46.0 Å².